The monoisotopic (exact) mass is 1430 g/mol. The maximum absolute atomic E-state index is 15.4. The molecule has 0 bridgehead atoms. The van der Waals surface area contributed by atoms with Crippen molar-refractivity contribution in [3.05, 3.63) is 108 Å². The van der Waals surface area contributed by atoms with Gasteiger partial charge in [0.05, 0.1) is 45.1 Å². The van der Waals surface area contributed by atoms with Crippen LogP contribution in [-0.4, -0.2) is 321 Å². The van der Waals surface area contributed by atoms with E-state index >= 15 is 14.4 Å². The van der Waals surface area contributed by atoms with Gasteiger partial charge in [-0.25, -0.2) is 0 Å². The highest BCUT2D eigenvalue weighted by molar-refractivity contribution is 6.05. The third-order valence-electron chi connectivity index (χ3n) is 19.0. The number of carbonyl (C=O) groups excluding carboxylic acids is 6. The first-order valence-corrected chi connectivity index (χ1v) is 32.8. The van der Waals surface area contributed by atoms with Gasteiger partial charge in [-0.15, -0.1) is 0 Å². The number of fused-ring (bicyclic) bond motifs is 1. The number of hydrogen-bond donors (Lipinski definition) is 23. The van der Waals surface area contributed by atoms with E-state index in [1.807, 2.05) is 30.3 Å². The molecule has 4 aromatic carbocycles. The number of hydrogen-bond acceptors (Lipinski definition) is 27. The number of aryl methyl sites for hydroxylation is 1. The number of nitrogens with one attached hydrogen (secondary N) is 9. The first kappa shape index (κ1) is 76.2. The molecule has 24 atom stereocenters. The number of ether oxygens (including phenoxy) is 5. The second kappa shape index (κ2) is 32.9. The number of aliphatic hydroxyl groups is 14. The van der Waals surface area contributed by atoms with Crippen LogP contribution in [-0.2, 0) is 60.7 Å². The normalized spacial score (nSPS) is 34.7. The largest absolute Gasteiger partial charge is 0.462 e. The van der Waals surface area contributed by atoms with E-state index in [9.17, 15) is 91.3 Å². The van der Waals surface area contributed by atoms with Gasteiger partial charge in [0, 0.05) is 31.7 Å². The van der Waals surface area contributed by atoms with Crippen LogP contribution < -0.4 is 46.9 Å². The van der Waals surface area contributed by atoms with E-state index in [0.717, 1.165) is 20.6 Å². The molecule has 37 heteroatoms. The van der Waals surface area contributed by atoms with Gasteiger partial charge in [-0.05, 0) is 65.6 Å². The Morgan fingerprint density at radius 2 is 1.16 bits per heavy atom. The topological polar surface area (TPSA) is 573 Å². The Hall–Kier alpha value is -8.42. The standard InChI is InChI=1S/C65H86N12O25/c1-27-7-3-6-10-37(27)76-28(2)56(93)70-34(18-29-12-15-33(16-13-29)98-62-54(92)51(89)55(41(26-81)101-62)102-63-53(91)50(88)48(86)40(25-80)100-63)58(95)73-43(45(83)35-19-69-64(66)72-35)60(97)74-44(59(96)71-36(23-78)57(94)68-20-42(76)82)46(84)38-22-75(21-30-11-14-31-8-4-5-9-32(31)17-30)65(67)77(38)61-52(90)49(87)47(85)39(24-79)99-61/h3-17,28,34-36,38-41,43-55,61-63,67,78-81,83-92H,18-26H2,1-2H3,(H,68,94)(H,70,93)(H,71,96)(H,73,95)(H,74,97)(H3,66,69,72). The molecular formula is C65H86N12O25. The number of anilines is 1. The molecule has 6 amide bonds. The van der Waals surface area contributed by atoms with Crippen LogP contribution in [0.15, 0.2) is 91.0 Å². The summed E-state index contributed by atoms with van der Waals surface area (Å²) in [5.74, 6) is -8.28. The van der Waals surface area contributed by atoms with Gasteiger partial charge in [0.1, 0.15) is 121 Å². The van der Waals surface area contributed by atoms with Gasteiger partial charge >= 0.3 is 0 Å². The maximum Gasteiger partial charge on any atom is 0.247 e. The van der Waals surface area contributed by atoms with Crippen LogP contribution in [0.1, 0.15) is 23.6 Å². The van der Waals surface area contributed by atoms with Crippen LogP contribution in [0.3, 0.4) is 0 Å². The lowest BCUT2D eigenvalue weighted by atomic mass is 9.95. The fraction of sp³-hybridized carbons (Fsp3) is 0.538. The van der Waals surface area contributed by atoms with Crippen LogP contribution in [0.4, 0.5) is 5.69 Å². The van der Waals surface area contributed by atoms with Gasteiger partial charge in [0.2, 0.25) is 41.7 Å². The molecule has 102 heavy (non-hydrogen) atoms. The first-order valence-electron chi connectivity index (χ1n) is 32.8. The zero-order chi connectivity index (χ0) is 73.7. The van der Waals surface area contributed by atoms with Crippen LogP contribution in [0.25, 0.3) is 10.8 Å². The molecule has 6 aliphatic rings. The van der Waals surface area contributed by atoms with Crippen LogP contribution >= 0.6 is 0 Å². The highest BCUT2D eigenvalue weighted by Crippen LogP contribution is 2.34. The lowest BCUT2D eigenvalue weighted by Gasteiger charge is -2.46. The van der Waals surface area contributed by atoms with Crippen molar-refractivity contribution in [2.75, 3.05) is 51.0 Å². The molecule has 0 saturated carbocycles. The summed E-state index contributed by atoms with van der Waals surface area (Å²) in [6, 6.07) is 11.3. The molecule has 24 unspecified atom stereocenters. The Kier molecular flexibility index (Phi) is 24.6. The molecule has 10 rings (SSSR count). The Labute approximate surface area is 581 Å². The van der Waals surface area contributed by atoms with E-state index < -0.39 is 234 Å². The molecule has 0 aliphatic carbocycles. The second-order valence-electron chi connectivity index (χ2n) is 25.8. The first-order chi connectivity index (χ1) is 48.7. The molecule has 4 aromatic rings. The number of carbonyl (C=O) groups is 6. The smallest absolute Gasteiger partial charge is 0.247 e. The van der Waals surface area contributed by atoms with Crippen LogP contribution in [0, 0.1) is 17.7 Å². The zero-order valence-electron chi connectivity index (χ0n) is 55.0. The minimum Gasteiger partial charge on any atom is -0.462 e. The number of amides is 6. The Balaban J connectivity index is 0.987. The van der Waals surface area contributed by atoms with Crippen LogP contribution in [0.2, 0.25) is 0 Å². The van der Waals surface area contributed by atoms with Crippen molar-refractivity contribution in [1.29, 1.82) is 10.8 Å². The maximum atomic E-state index is 15.4. The van der Waals surface area contributed by atoms with E-state index in [-0.39, 0.29) is 36.0 Å². The lowest BCUT2D eigenvalue weighted by molar-refractivity contribution is -0.352. The summed E-state index contributed by atoms with van der Waals surface area (Å²) in [5.41, 5.74) is 1.39. The van der Waals surface area contributed by atoms with Gasteiger partial charge in [0.15, 0.2) is 24.4 Å². The summed E-state index contributed by atoms with van der Waals surface area (Å²) in [6.07, 6.45) is -32.2. The molecule has 6 fully saturated rings. The van der Waals surface area contributed by atoms with Gasteiger partial charge < -0.3 is 142 Å². The van der Waals surface area contributed by atoms with E-state index in [1.54, 1.807) is 37.3 Å². The van der Waals surface area contributed by atoms with Crippen molar-refractivity contribution in [3.8, 4) is 5.75 Å². The molecule has 23 N–H and O–H groups in total. The van der Waals surface area contributed by atoms with E-state index in [2.05, 4.69) is 37.2 Å². The minimum absolute atomic E-state index is 0.0798. The third-order valence-corrected chi connectivity index (χ3v) is 19.0. The lowest BCUT2D eigenvalue weighted by Crippen LogP contribution is -2.69. The molecule has 37 nitrogen and oxygen atoms in total. The molecule has 556 valence electrons. The summed E-state index contributed by atoms with van der Waals surface area (Å²) in [5, 5.41) is 191. The average Bonchev–Trinajstić information content (AvgIpc) is 1.57. The van der Waals surface area contributed by atoms with Gasteiger partial charge in [0.25, 0.3) is 0 Å². The molecule has 6 aliphatic heterocycles. The Morgan fingerprint density at radius 1 is 0.569 bits per heavy atom. The van der Waals surface area contributed by atoms with Gasteiger partial charge in [-0.1, -0.05) is 66.7 Å². The molecule has 0 spiro atoms. The molecule has 0 radical (unpaired) electrons. The van der Waals surface area contributed by atoms with Crippen molar-refractivity contribution in [2.45, 2.75) is 173 Å². The number of aliphatic hydroxyl groups excluding tert-OH is 14. The Bertz CT molecular complexity index is 3660. The fourth-order valence-electron chi connectivity index (χ4n) is 13.1. The Morgan fingerprint density at radius 3 is 1.81 bits per heavy atom. The second-order valence-corrected chi connectivity index (χ2v) is 25.8. The molecular weight excluding hydrogens is 1350 g/mol. The average molecular weight is 1440 g/mol. The fourth-order valence-corrected chi connectivity index (χ4v) is 13.1. The van der Waals surface area contributed by atoms with Gasteiger partial charge in [-0.3, -0.25) is 44.5 Å². The SMILES string of the molecule is Cc1ccccc1N1C(=O)CNC(=O)C(CO)NC(=O)C(C(O)C2CN(Cc3ccc4ccccc4c3)C(=N)N2C2OC(CO)C(O)C(O)C2O)NC(=O)C(C(O)C2CNC(=N)N2)NC(=O)C(Cc2ccc(OC3OC(CO)C(OC4OC(CO)C(O)C(O)C4O)C(O)C3O)cc2)NC(=O)C1C. The predicted octanol–water partition coefficient (Wildman–Crippen LogP) is -9.68. The number of nitrogens with zero attached hydrogens (tertiary/aromatic N) is 3. The van der Waals surface area contributed by atoms with Crippen molar-refractivity contribution >= 4 is 63.8 Å². The summed E-state index contributed by atoms with van der Waals surface area (Å²) in [7, 11) is 0. The molecule has 6 heterocycles. The van der Waals surface area contributed by atoms with Gasteiger partial charge in [-0.2, -0.15) is 0 Å². The number of benzene rings is 4. The highest BCUT2D eigenvalue weighted by atomic mass is 16.7. The summed E-state index contributed by atoms with van der Waals surface area (Å²) in [4.78, 5) is 92.9. The number of guanidine groups is 2. The van der Waals surface area contributed by atoms with E-state index in [4.69, 9.17) is 29.1 Å². The number of para-hydroxylation sites is 1. The third kappa shape index (κ3) is 16.3. The van der Waals surface area contributed by atoms with Crippen molar-refractivity contribution in [1.82, 2.24) is 47.0 Å². The molecule has 6 saturated heterocycles. The summed E-state index contributed by atoms with van der Waals surface area (Å²) in [6.45, 7) is -2.70. The van der Waals surface area contributed by atoms with E-state index in [1.165, 1.54) is 42.2 Å². The summed E-state index contributed by atoms with van der Waals surface area (Å²) < 4.78 is 28.6. The quantitative estimate of drug-likeness (QED) is 0.0440. The highest BCUT2D eigenvalue weighted by Gasteiger charge is 2.56. The van der Waals surface area contributed by atoms with Crippen LogP contribution in [0.5, 0.6) is 5.75 Å². The molecule has 0 aromatic heterocycles. The minimum atomic E-state index is -2.41. The predicted molar refractivity (Wildman–Crippen MR) is 349 cm³/mol. The van der Waals surface area contributed by atoms with Crippen molar-refractivity contribution in [2.24, 2.45) is 0 Å². The van der Waals surface area contributed by atoms with Crippen molar-refractivity contribution < 1.29 is 124 Å². The number of rotatable bonds is 18. The van der Waals surface area contributed by atoms with E-state index in [0.29, 0.717) is 11.1 Å². The summed E-state index contributed by atoms with van der Waals surface area (Å²) >= 11 is 0. The zero-order valence-corrected chi connectivity index (χ0v) is 55.0. The van der Waals surface area contributed by atoms with Crippen molar-refractivity contribution in [3.63, 3.8) is 0 Å².